The van der Waals surface area contributed by atoms with Gasteiger partial charge < -0.3 is 31.1 Å². The molecule has 4 aliphatic heterocycles. The van der Waals surface area contributed by atoms with Crippen molar-refractivity contribution in [2.24, 2.45) is 11.3 Å². The number of piperidine rings is 1. The predicted octanol–water partition coefficient (Wildman–Crippen LogP) is 4.04. The lowest BCUT2D eigenvalue weighted by atomic mass is 9.85. The van der Waals surface area contributed by atoms with Gasteiger partial charge in [-0.15, -0.1) is 21.5 Å². The number of para-hydroxylation sites is 1. The number of nitrogens with one attached hydrogen (secondary N) is 3. The van der Waals surface area contributed by atoms with Crippen molar-refractivity contribution in [3.8, 4) is 27.4 Å². The second kappa shape index (κ2) is 18.3. The van der Waals surface area contributed by atoms with Gasteiger partial charge in [-0.2, -0.15) is 5.01 Å². The molecule has 3 saturated heterocycles. The molecule has 330 valence electrons. The molecular formula is C45H59N11O5S. The highest BCUT2D eigenvalue weighted by Crippen LogP contribution is 2.36. The molecule has 62 heavy (non-hydrogen) atoms. The number of carbonyl (C=O) groups is 3. The third-order valence-corrected chi connectivity index (χ3v) is 13.6. The first-order valence-corrected chi connectivity index (χ1v) is 22.6. The molecule has 0 unspecified atom stereocenters. The van der Waals surface area contributed by atoms with Gasteiger partial charge in [0.15, 0.2) is 5.82 Å². The van der Waals surface area contributed by atoms with Gasteiger partial charge in [0, 0.05) is 38.2 Å². The number of nitrogens with zero attached hydrogens (tertiary/aromatic N) is 8. The zero-order valence-electron chi connectivity index (χ0n) is 36.3. The Morgan fingerprint density at radius 2 is 1.74 bits per heavy atom. The van der Waals surface area contributed by atoms with Crippen LogP contribution in [0.4, 0.5) is 11.5 Å². The van der Waals surface area contributed by atoms with E-state index >= 15 is 0 Å². The Bertz CT molecular complexity index is 2240. The number of likely N-dealkylation sites (tertiary alicyclic amines) is 2. The number of phenols is 1. The van der Waals surface area contributed by atoms with E-state index in [2.05, 4.69) is 50.9 Å². The molecule has 5 N–H and O–H groups in total. The number of benzene rings is 2. The van der Waals surface area contributed by atoms with Crippen LogP contribution in [0.25, 0.3) is 21.7 Å². The van der Waals surface area contributed by atoms with E-state index < -0.39 is 23.6 Å². The number of aliphatic hydroxyl groups excluding tert-OH is 1. The number of amides is 3. The average Bonchev–Trinajstić information content (AvgIpc) is 3.87. The lowest BCUT2D eigenvalue weighted by Crippen LogP contribution is -2.61. The fourth-order valence-corrected chi connectivity index (χ4v) is 9.93. The summed E-state index contributed by atoms with van der Waals surface area (Å²) in [5, 5.41) is 43.9. The summed E-state index contributed by atoms with van der Waals surface area (Å²) >= 11 is 1.59. The lowest BCUT2D eigenvalue weighted by molar-refractivity contribution is -0.144. The van der Waals surface area contributed by atoms with Crippen molar-refractivity contribution in [1.82, 2.24) is 45.5 Å². The van der Waals surface area contributed by atoms with Crippen molar-refractivity contribution < 1.29 is 24.6 Å². The van der Waals surface area contributed by atoms with Crippen LogP contribution in [0.2, 0.25) is 0 Å². The highest BCUT2D eigenvalue weighted by atomic mass is 32.1. The van der Waals surface area contributed by atoms with Gasteiger partial charge in [-0.3, -0.25) is 29.2 Å². The zero-order valence-corrected chi connectivity index (χ0v) is 37.1. The smallest absolute Gasteiger partial charge is 0.246 e. The van der Waals surface area contributed by atoms with Crippen LogP contribution in [0.15, 0.2) is 60.1 Å². The summed E-state index contributed by atoms with van der Waals surface area (Å²) in [6, 6.07) is 15.1. The Balaban J connectivity index is 0.812. The van der Waals surface area contributed by atoms with Crippen molar-refractivity contribution >= 4 is 40.6 Å². The number of β-amino-alcohol motifs (C(OH)–C–C–N with tert-alkyl or cyclic N) is 1. The molecule has 2 aromatic heterocycles. The highest BCUT2D eigenvalue weighted by molar-refractivity contribution is 7.13. The van der Waals surface area contributed by atoms with E-state index in [9.17, 15) is 24.6 Å². The largest absolute Gasteiger partial charge is 0.507 e. The molecule has 4 aliphatic rings. The fourth-order valence-electron chi connectivity index (χ4n) is 9.12. The van der Waals surface area contributed by atoms with Crippen molar-refractivity contribution in [2.45, 2.75) is 78.1 Å². The molecule has 0 bridgehead atoms. The summed E-state index contributed by atoms with van der Waals surface area (Å²) in [4.78, 5) is 53.2. The summed E-state index contributed by atoms with van der Waals surface area (Å²) in [5.41, 5.74) is 6.37. The summed E-state index contributed by atoms with van der Waals surface area (Å²) in [6.07, 6.45) is 1.21. The normalized spacial score (nSPS) is 21.1. The number of phenolic OH excluding ortho intramolecular Hbond substituents is 1. The van der Waals surface area contributed by atoms with Crippen molar-refractivity contribution in [3.63, 3.8) is 0 Å². The molecule has 17 heteroatoms. The van der Waals surface area contributed by atoms with Crippen LogP contribution in [0, 0.1) is 18.3 Å². The van der Waals surface area contributed by atoms with Crippen LogP contribution in [0.1, 0.15) is 64.3 Å². The number of hydrogen-bond acceptors (Lipinski definition) is 14. The highest BCUT2D eigenvalue weighted by Gasteiger charge is 2.45. The van der Waals surface area contributed by atoms with Gasteiger partial charge in [0.25, 0.3) is 0 Å². The second-order valence-corrected chi connectivity index (χ2v) is 19.1. The zero-order chi connectivity index (χ0) is 43.7. The fraction of sp³-hybridized carbons (Fsp3) is 0.511. The van der Waals surface area contributed by atoms with E-state index in [1.54, 1.807) is 23.5 Å². The first-order chi connectivity index (χ1) is 29.7. The Morgan fingerprint density at radius 3 is 2.45 bits per heavy atom. The number of aromatic hydroxyl groups is 1. The Morgan fingerprint density at radius 1 is 0.984 bits per heavy atom. The van der Waals surface area contributed by atoms with E-state index in [1.165, 1.54) is 4.90 Å². The number of aliphatic hydroxyl groups is 1. The number of aromatic nitrogens is 3. The minimum absolute atomic E-state index is 0.0239. The molecule has 0 spiro atoms. The summed E-state index contributed by atoms with van der Waals surface area (Å²) in [6.45, 7) is 15.4. The maximum Gasteiger partial charge on any atom is 0.246 e. The summed E-state index contributed by atoms with van der Waals surface area (Å²) in [7, 11) is 0. The number of aryl methyl sites for hydroxylation is 1. The SMILES string of the molecule is Cc1ncsc1-c1ccc([C@H](C)NC(=O)[C@@H]2C[C@@H](O)CN2C(=O)[C@@H](NC(=O)CN2CCC(CN3CCN4c5cc(-c6ccccc6O)nnc5NCN4C3)CC2)C(C)(C)C)cc1. The lowest BCUT2D eigenvalue weighted by Gasteiger charge is -2.48. The van der Waals surface area contributed by atoms with E-state index in [0.29, 0.717) is 23.8 Å². The Kier molecular flexibility index (Phi) is 12.8. The van der Waals surface area contributed by atoms with E-state index in [1.807, 2.05) is 82.6 Å². The number of hydrogen-bond donors (Lipinski definition) is 5. The molecule has 16 nitrogen and oxygen atoms in total. The van der Waals surface area contributed by atoms with Crippen molar-refractivity contribution in [1.29, 1.82) is 0 Å². The minimum atomic E-state index is -0.882. The maximum atomic E-state index is 14.3. The number of thiazole rings is 1. The van der Waals surface area contributed by atoms with Crippen LogP contribution in [0.3, 0.4) is 0 Å². The Labute approximate surface area is 367 Å². The van der Waals surface area contributed by atoms with Gasteiger partial charge in [0.2, 0.25) is 17.7 Å². The van der Waals surface area contributed by atoms with Crippen molar-refractivity contribution in [2.75, 3.05) is 69.5 Å². The quantitative estimate of drug-likeness (QED) is 0.146. The molecule has 2 aromatic carbocycles. The van der Waals surface area contributed by atoms with Crippen LogP contribution in [-0.2, 0) is 14.4 Å². The summed E-state index contributed by atoms with van der Waals surface area (Å²) < 4.78 is 0. The van der Waals surface area contributed by atoms with Gasteiger partial charge in [0.05, 0.1) is 59.5 Å². The van der Waals surface area contributed by atoms with Gasteiger partial charge >= 0.3 is 0 Å². The standard InChI is InChI=1S/C45H59N11O5S/c1-28(31-10-12-32(13-11-31)40-29(2)47-26-62-40)48-43(60)37-20-33(57)23-55(37)44(61)41(45(3,4)5)49-39(59)24-52-16-14-30(15-17-52)22-53-18-19-56-36-21-35(34-8-6-7-9-38(34)58)50-51-42(36)46-25-54(56)27-53/h6-13,21,26,28,30,33,37,41,57-58H,14-20,22-25,27H2,1-5H3,(H,46,51)(H,48,60)(H,49,59)/t28-,33+,37-,41+/m0/s1. The Hall–Kier alpha value is -5.20. The van der Waals surface area contributed by atoms with Gasteiger partial charge in [-0.05, 0) is 80.4 Å². The first kappa shape index (κ1) is 43.4. The van der Waals surface area contributed by atoms with Crippen LogP contribution in [-0.4, -0.2) is 140 Å². The molecular weight excluding hydrogens is 807 g/mol. The molecule has 6 heterocycles. The molecule has 0 saturated carbocycles. The molecule has 3 fully saturated rings. The van der Waals surface area contributed by atoms with E-state index in [-0.39, 0.29) is 49.0 Å². The van der Waals surface area contributed by atoms with Crippen molar-refractivity contribution in [3.05, 3.63) is 71.4 Å². The topological polar surface area (TPSA) is 183 Å². The number of rotatable bonds is 11. The molecule has 0 aliphatic carbocycles. The molecule has 4 atom stereocenters. The number of hydrazine groups is 1. The van der Waals surface area contributed by atoms with Gasteiger partial charge in [0.1, 0.15) is 17.8 Å². The molecule has 4 aromatic rings. The molecule has 0 radical (unpaired) electrons. The van der Waals surface area contributed by atoms with E-state index in [4.69, 9.17) is 0 Å². The van der Waals surface area contributed by atoms with Crippen LogP contribution in [0.5, 0.6) is 5.75 Å². The average molecular weight is 866 g/mol. The third-order valence-electron chi connectivity index (χ3n) is 12.6. The maximum absolute atomic E-state index is 14.3. The second-order valence-electron chi connectivity index (χ2n) is 18.3. The predicted molar refractivity (Wildman–Crippen MR) is 239 cm³/mol. The van der Waals surface area contributed by atoms with Crippen LogP contribution >= 0.6 is 11.3 Å². The van der Waals surface area contributed by atoms with E-state index in [0.717, 1.165) is 85.4 Å². The van der Waals surface area contributed by atoms with Gasteiger partial charge in [-0.25, -0.2) is 4.98 Å². The molecule has 3 amide bonds. The number of fused-ring (bicyclic) bond motifs is 3. The third kappa shape index (κ3) is 9.56. The monoisotopic (exact) mass is 865 g/mol. The van der Waals surface area contributed by atoms with Gasteiger partial charge in [-0.1, -0.05) is 57.2 Å². The minimum Gasteiger partial charge on any atom is -0.507 e. The molecule has 8 rings (SSSR count). The summed E-state index contributed by atoms with van der Waals surface area (Å²) in [5.74, 6) is 0.470. The number of carbonyl (C=O) groups excluding carboxylic acids is 3. The van der Waals surface area contributed by atoms with Crippen LogP contribution < -0.4 is 21.0 Å². The number of anilines is 2. The first-order valence-electron chi connectivity index (χ1n) is 21.7.